The fourth-order valence-corrected chi connectivity index (χ4v) is 4.23. The molecule has 0 spiro atoms. The van der Waals surface area contributed by atoms with Crippen molar-refractivity contribution in [2.24, 2.45) is 0 Å². The number of aromatic nitrogens is 3. The molecule has 0 radical (unpaired) electrons. The molecule has 0 aliphatic carbocycles. The second-order valence-corrected chi connectivity index (χ2v) is 8.16. The lowest BCUT2D eigenvalue weighted by molar-refractivity contribution is 0.653. The van der Waals surface area contributed by atoms with Crippen LogP contribution < -0.4 is 0 Å². The van der Waals surface area contributed by atoms with E-state index in [1.54, 1.807) is 0 Å². The molecule has 0 aliphatic heterocycles. The number of nitrogens with zero attached hydrogens (tertiary/aromatic N) is 3. The van der Waals surface area contributed by atoms with E-state index in [2.05, 4.69) is 47.4 Å². The van der Waals surface area contributed by atoms with E-state index in [0.29, 0.717) is 12.1 Å². The molecular formula is C29H21N3O. The molecule has 0 saturated heterocycles. The van der Waals surface area contributed by atoms with E-state index < -0.39 is 0 Å². The number of rotatable bonds is 4. The number of para-hydroxylation sites is 1. The molecule has 4 aromatic heterocycles. The first-order valence-electron chi connectivity index (χ1n) is 11.0. The summed E-state index contributed by atoms with van der Waals surface area (Å²) in [4.78, 5) is 14.4. The Hall–Kier alpha value is -4.31. The van der Waals surface area contributed by atoms with Crippen molar-refractivity contribution in [2.75, 3.05) is 0 Å². The van der Waals surface area contributed by atoms with Gasteiger partial charge >= 0.3 is 0 Å². The molecule has 0 atom stereocenters. The molecular weight excluding hydrogens is 406 g/mol. The van der Waals surface area contributed by atoms with Gasteiger partial charge in [0, 0.05) is 45.4 Å². The largest absolute Gasteiger partial charge is 0.437 e. The van der Waals surface area contributed by atoms with Gasteiger partial charge < -0.3 is 4.42 Å². The van der Waals surface area contributed by atoms with Crippen LogP contribution in [0.25, 0.3) is 44.6 Å². The zero-order chi connectivity index (χ0) is 22.2. The van der Waals surface area contributed by atoms with Crippen LogP contribution in [0, 0.1) is 6.92 Å². The van der Waals surface area contributed by atoms with Gasteiger partial charge in [0.05, 0.1) is 11.4 Å². The number of pyridine rings is 3. The van der Waals surface area contributed by atoms with E-state index in [-0.39, 0.29) is 0 Å². The SMILES string of the molecule is Cc1ccc2c(n1)oc1c(-c3cccc(Cc4cccc(-c5ccccc5)n4)n3)cccc12. The highest BCUT2D eigenvalue weighted by atomic mass is 16.3. The number of fused-ring (bicyclic) bond motifs is 3. The Labute approximate surface area is 191 Å². The van der Waals surface area contributed by atoms with E-state index >= 15 is 0 Å². The van der Waals surface area contributed by atoms with Gasteiger partial charge in [-0.05, 0) is 49.4 Å². The smallest absolute Gasteiger partial charge is 0.227 e. The van der Waals surface area contributed by atoms with Crippen molar-refractivity contribution in [3.63, 3.8) is 0 Å². The van der Waals surface area contributed by atoms with Gasteiger partial charge in [0.1, 0.15) is 5.58 Å². The Kier molecular flexibility index (Phi) is 4.69. The number of hydrogen-bond acceptors (Lipinski definition) is 4. The third-order valence-electron chi connectivity index (χ3n) is 5.82. The van der Waals surface area contributed by atoms with Gasteiger partial charge in [-0.3, -0.25) is 9.97 Å². The van der Waals surface area contributed by atoms with Crippen LogP contribution >= 0.6 is 0 Å². The van der Waals surface area contributed by atoms with Gasteiger partial charge in [-0.1, -0.05) is 54.6 Å². The summed E-state index contributed by atoms with van der Waals surface area (Å²) >= 11 is 0. The predicted octanol–water partition coefficient (Wildman–Crippen LogP) is 7.00. The molecule has 6 rings (SSSR count). The zero-order valence-corrected chi connectivity index (χ0v) is 18.2. The maximum atomic E-state index is 6.18. The fourth-order valence-electron chi connectivity index (χ4n) is 4.23. The lowest BCUT2D eigenvalue weighted by Gasteiger charge is -2.07. The van der Waals surface area contributed by atoms with E-state index in [9.17, 15) is 0 Å². The summed E-state index contributed by atoms with van der Waals surface area (Å²) in [7, 11) is 0. The van der Waals surface area contributed by atoms with Gasteiger partial charge in [0.15, 0.2) is 0 Å². The van der Waals surface area contributed by atoms with E-state index in [0.717, 1.165) is 56.0 Å². The monoisotopic (exact) mass is 427 g/mol. The molecule has 4 heteroatoms. The summed E-state index contributed by atoms with van der Waals surface area (Å²) in [5, 5.41) is 2.08. The summed E-state index contributed by atoms with van der Waals surface area (Å²) in [6.45, 7) is 1.97. The molecule has 0 saturated carbocycles. The third-order valence-corrected chi connectivity index (χ3v) is 5.82. The first-order chi connectivity index (χ1) is 16.2. The molecule has 158 valence electrons. The maximum Gasteiger partial charge on any atom is 0.227 e. The Morgan fingerprint density at radius 3 is 2.15 bits per heavy atom. The number of aryl methyl sites for hydroxylation is 1. The molecule has 0 N–H and O–H groups in total. The minimum Gasteiger partial charge on any atom is -0.437 e. The first-order valence-corrected chi connectivity index (χ1v) is 11.0. The van der Waals surface area contributed by atoms with Crippen LogP contribution in [0.1, 0.15) is 17.1 Å². The minimum absolute atomic E-state index is 0.658. The van der Waals surface area contributed by atoms with Crippen LogP contribution in [0.15, 0.2) is 101 Å². The molecule has 4 heterocycles. The van der Waals surface area contributed by atoms with Crippen molar-refractivity contribution >= 4 is 22.1 Å². The second-order valence-electron chi connectivity index (χ2n) is 8.16. The summed E-state index contributed by atoms with van der Waals surface area (Å²) in [6.07, 6.45) is 0.658. The van der Waals surface area contributed by atoms with Crippen LogP contribution in [-0.4, -0.2) is 15.0 Å². The van der Waals surface area contributed by atoms with E-state index in [1.165, 1.54) is 0 Å². The number of hydrogen-bond donors (Lipinski definition) is 0. The Morgan fingerprint density at radius 1 is 0.606 bits per heavy atom. The zero-order valence-electron chi connectivity index (χ0n) is 18.2. The van der Waals surface area contributed by atoms with Gasteiger partial charge in [0.2, 0.25) is 5.71 Å². The summed E-state index contributed by atoms with van der Waals surface area (Å²) in [5.74, 6) is 0. The van der Waals surface area contributed by atoms with Crippen LogP contribution in [-0.2, 0) is 6.42 Å². The average Bonchev–Trinajstić information content (AvgIpc) is 3.22. The van der Waals surface area contributed by atoms with Crippen molar-refractivity contribution < 1.29 is 4.42 Å². The maximum absolute atomic E-state index is 6.18. The minimum atomic E-state index is 0.658. The van der Waals surface area contributed by atoms with E-state index in [4.69, 9.17) is 14.4 Å². The highest BCUT2D eigenvalue weighted by molar-refractivity contribution is 6.08. The molecule has 2 aromatic carbocycles. The molecule has 0 fully saturated rings. The Balaban J connectivity index is 1.38. The van der Waals surface area contributed by atoms with Gasteiger partial charge in [-0.15, -0.1) is 0 Å². The van der Waals surface area contributed by atoms with Crippen LogP contribution in [0.5, 0.6) is 0 Å². The average molecular weight is 428 g/mol. The lowest BCUT2D eigenvalue weighted by Crippen LogP contribution is -1.97. The van der Waals surface area contributed by atoms with Crippen LogP contribution in [0.3, 0.4) is 0 Å². The predicted molar refractivity (Wildman–Crippen MR) is 132 cm³/mol. The third kappa shape index (κ3) is 3.66. The molecule has 33 heavy (non-hydrogen) atoms. The van der Waals surface area contributed by atoms with Crippen molar-refractivity contribution in [1.82, 2.24) is 15.0 Å². The Bertz CT molecular complexity index is 1600. The molecule has 4 nitrogen and oxygen atoms in total. The van der Waals surface area contributed by atoms with Crippen molar-refractivity contribution in [1.29, 1.82) is 0 Å². The molecule has 0 unspecified atom stereocenters. The number of benzene rings is 2. The van der Waals surface area contributed by atoms with Crippen molar-refractivity contribution in [3.8, 4) is 22.5 Å². The van der Waals surface area contributed by atoms with Gasteiger partial charge in [-0.2, -0.15) is 0 Å². The second kappa shape index (κ2) is 7.99. The van der Waals surface area contributed by atoms with Gasteiger partial charge in [0.25, 0.3) is 0 Å². The molecule has 0 bridgehead atoms. The Morgan fingerprint density at radius 2 is 1.33 bits per heavy atom. The van der Waals surface area contributed by atoms with E-state index in [1.807, 2.05) is 61.5 Å². The highest BCUT2D eigenvalue weighted by Crippen LogP contribution is 2.34. The molecule has 6 aromatic rings. The highest BCUT2D eigenvalue weighted by Gasteiger charge is 2.14. The van der Waals surface area contributed by atoms with Crippen LogP contribution in [0.2, 0.25) is 0 Å². The fraction of sp³-hybridized carbons (Fsp3) is 0.0690. The normalized spacial score (nSPS) is 11.3. The lowest BCUT2D eigenvalue weighted by atomic mass is 10.1. The standard InChI is InChI=1S/C29H21N3O/c1-19-16-17-24-23-12-7-13-25(28(23)33-29(24)30-19)27-15-6-11-22(32-27)18-21-10-5-14-26(31-21)20-8-3-2-4-9-20/h2-17H,18H2,1H3. The summed E-state index contributed by atoms with van der Waals surface area (Å²) in [5.41, 5.74) is 8.31. The summed E-state index contributed by atoms with van der Waals surface area (Å²) in [6, 6.07) is 32.8. The quantitative estimate of drug-likeness (QED) is 0.304. The molecule has 0 aliphatic rings. The van der Waals surface area contributed by atoms with Crippen molar-refractivity contribution in [2.45, 2.75) is 13.3 Å². The van der Waals surface area contributed by atoms with Gasteiger partial charge in [-0.25, -0.2) is 4.98 Å². The molecule has 0 amide bonds. The topological polar surface area (TPSA) is 51.8 Å². The van der Waals surface area contributed by atoms with Crippen LogP contribution in [0.4, 0.5) is 0 Å². The first kappa shape index (κ1) is 19.4. The summed E-state index contributed by atoms with van der Waals surface area (Å²) < 4.78 is 6.18. The van der Waals surface area contributed by atoms with Crippen molar-refractivity contribution in [3.05, 3.63) is 114 Å². The number of furan rings is 1.